The Labute approximate surface area is 121 Å². The van der Waals surface area contributed by atoms with Crippen LogP contribution in [-0.2, 0) is 9.47 Å². The topological polar surface area (TPSA) is 62.9 Å². The first-order valence-electron chi connectivity index (χ1n) is 6.91. The molecule has 0 aliphatic rings. The first-order chi connectivity index (χ1) is 9.77. The van der Waals surface area contributed by atoms with Crippen molar-refractivity contribution in [1.82, 2.24) is 0 Å². The summed E-state index contributed by atoms with van der Waals surface area (Å²) in [6.45, 7) is 5.58. The van der Waals surface area contributed by atoms with Gasteiger partial charge in [0.2, 0.25) is 0 Å². The minimum Gasteiger partial charge on any atom is -0.493 e. The largest absolute Gasteiger partial charge is 0.493 e. The zero-order chi connectivity index (χ0) is 14.6. The molecule has 0 saturated heterocycles. The highest BCUT2D eigenvalue weighted by molar-refractivity contribution is 5.42. The lowest BCUT2D eigenvalue weighted by Crippen LogP contribution is -2.12. The molecule has 2 N–H and O–H groups in total. The van der Waals surface area contributed by atoms with Crippen LogP contribution in [0.15, 0.2) is 18.2 Å². The fourth-order valence-corrected chi connectivity index (χ4v) is 1.64. The molecule has 0 bridgehead atoms. The lowest BCUT2D eigenvalue weighted by Gasteiger charge is -2.11. The van der Waals surface area contributed by atoms with Crippen molar-refractivity contribution in [2.45, 2.75) is 13.3 Å². The van der Waals surface area contributed by atoms with Gasteiger partial charge in [0.25, 0.3) is 0 Å². The second-order valence-corrected chi connectivity index (χ2v) is 4.37. The quantitative estimate of drug-likeness (QED) is 0.627. The van der Waals surface area contributed by atoms with Crippen molar-refractivity contribution < 1.29 is 18.9 Å². The van der Waals surface area contributed by atoms with Crippen molar-refractivity contribution in [2.75, 3.05) is 46.7 Å². The molecule has 0 aliphatic heterocycles. The highest BCUT2D eigenvalue weighted by Crippen LogP contribution is 2.27. The van der Waals surface area contributed by atoms with Crippen molar-refractivity contribution in [3.63, 3.8) is 0 Å². The third-order valence-electron chi connectivity index (χ3n) is 2.64. The van der Waals surface area contributed by atoms with E-state index in [0.717, 1.165) is 23.5 Å². The van der Waals surface area contributed by atoms with Crippen LogP contribution in [0.4, 0.5) is 0 Å². The van der Waals surface area contributed by atoms with E-state index in [1.165, 1.54) is 0 Å². The van der Waals surface area contributed by atoms with Crippen molar-refractivity contribution >= 4 is 0 Å². The third-order valence-corrected chi connectivity index (χ3v) is 2.64. The lowest BCUT2D eigenvalue weighted by atomic mass is 10.2. The standard InChI is InChI=1S/C15H25NO4/c1-13-4-5-14(15(12-13)17-2)20-8-3-7-18-10-11-19-9-6-16/h4-5,12H,3,6-11,16H2,1-2H3. The molecule has 0 atom stereocenters. The number of nitrogens with two attached hydrogens (primary N) is 1. The van der Waals surface area contributed by atoms with Gasteiger partial charge < -0.3 is 24.7 Å². The Morgan fingerprint density at radius 2 is 1.70 bits per heavy atom. The highest BCUT2D eigenvalue weighted by Gasteiger charge is 2.03. The summed E-state index contributed by atoms with van der Waals surface area (Å²) in [5.41, 5.74) is 6.45. The Morgan fingerprint density at radius 3 is 2.40 bits per heavy atom. The van der Waals surface area contributed by atoms with Gasteiger partial charge in [0.15, 0.2) is 11.5 Å². The van der Waals surface area contributed by atoms with Crippen molar-refractivity contribution in [2.24, 2.45) is 5.73 Å². The molecule has 0 unspecified atom stereocenters. The Bertz CT molecular complexity index is 371. The number of rotatable bonds is 11. The Morgan fingerprint density at radius 1 is 0.950 bits per heavy atom. The summed E-state index contributed by atoms with van der Waals surface area (Å²) in [5, 5.41) is 0. The average Bonchev–Trinajstić information content (AvgIpc) is 2.46. The number of ether oxygens (including phenoxy) is 4. The number of hydrogen-bond donors (Lipinski definition) is 1. The Balaban J connectivity index is 2.09. The summed E-state index contributed by atoms with van der Waals surface area (Å²) in [7, 11) is 1.64. The molecular weight excluding hydrogens is 258 g/mol. The number of methoxy groups -OCH3 is 1. The van der Waals surface area contributed by atoms with Crippen LogP contribution in [0.5, 0.6) is 11.5 Å². The normalized spacial score (nSPS) is 10.6. The maximum atomic E-state index is 5.68. The van der Waals surface area contributed by atoms with Crippen molar-refractivity contribution in [3.8, 4) is 11.5 Å². The van der Waals surface area contributed by atoms with Gasteiger partial charge in [-0.25, -0.2) is 0 Å². The molecule has 0 saturated carbocycles. The average molecular weight is 283 g/mol. The molecule has 0 aromatic heterocycles. The highest BCUT2D eigenvalue weighted by atomic mass is 16.5. The number of aryl methyl sites for hydroxylation is 1. The van der Waals surface area contributed by atoms with Gasteiger partial charge in [-0.3, -0.25) is 0 Å². The molecule has 5 nitrogen and oxygen atoms in total. The molecule has 20 heavy (non-hydrogen) atoms. The molecule has 0 fully saturated rings. The van der Waals surface area contributed by atoms with Crippen LogP contribution in [0.3, 0.4) is 0 Å². The second-order valence-electron chi connectivity index (χ2n) is 4.37. The van der Waals surface area contributed by atoms with Gasteiger partial charge in [-0.15, -0.1) is 0 Å². The van der Waals surface area contributed by atoms with Gasteiger partial charge in [-0.1, -0.05) is 6.07 Å². The summed E-state index contributed by atoms with van der Waals surface area (Å²) in [4.78, 5) is 0. The van der Waals surface area contributed by atoms with Crippen LogP contribution >= 0.6 is 0 Å². The fourth-order valence-electron chi connectivity index (χ4n) is 1.64. The van der Waals surface area contributed by atoms with Crippen LogP contribution in [0.1, 0.15) is 12.0 Å². The van der Waals surface area contributed by atoms with Crippen LogP contribution in [-0.4, -0.2) is 46.7 Å². The van der Waals surface area contributed by atoms with E-state index in [-0.39, 0.29) is 0 Å². The molecule has 0 spiro atoms. The van der Waals surface area contributed by atoms with E-state index in [2.05, 4.69) is 0 Å². The summed E-state index contributed by atoms with van der Waals surface area (Å²) in [5.74, 6) is 1.53. The minimum atomic E-state index is 0.548. The van der Waals surface area contributed by atoms with Crippen LogP contribution < -0.4 is 15.2 Å². The summed E-state index contributed by atoms with van der Waals surface area (Å²) in [6.07, 6.45) is 0.827. The van der Waals surface area contributed by atoms with E-state index in [1.807, 2.05) is 25.1 Å². The van der Waals surface area contributed by atoms with Gasteiger partial charge in [-0.2, -0.15) is 0 Å². The van der Waals surface area contributed by atoms with Gasteiger partial charge >= 0.3 is 0 Å². The maximum absolute atomic E-state index is 5.68. The van der Waals surface area contributed by atoms with Gasteiger partial charge in [0, 0.05) is 19.6 Å². The molecule has 1 rings (SSSR count). The van der Waals surface area contributed by atoms with E-state index in [0.29, 0.717) is 39.6 Å². The zero-order valence-corrected chi connectivity index (χ0v) is 12.4. The molecular formula is C15H25NO4. The molecule has 5 heteroatoms. The van der Waals surface area contributed by atoms with Gasteiger partial charge in [0.1, 0.15) is 0 Å². The third kappa shape index (κ3) is 6.75. The fraction of sp³-hybridized carbons (Fsp3) is 0.600. The first kappa shape index (κ1) is 16.8. The van der Waals surface area contributed by atoms with E-state index >= 15 is 0 Å². The Kier molecular flexibility index (Phi) is 8.78. The molecule has 0 heterocycles. The Hall–Kier alpha value is -1.30. The minimum absolute atomic E-state index is 0.548. The maximum Gasteiger partial charge on any atom is 0.161 e. The molecule has 0 radical (unpaired) electrons. The van der Waals surface area contributed by atoms with E-state index in [9.17, 15) is 0 Å². The molecule has 1 aromatic carbocycles. The predicted molar refractivity (Wildman–Crippen MR) is 78.5 cm³/mol. The van der Waals surface area contributed by atoms with Gasteiger partial charge in [0.05, 0.1) is 33.5 Å². The number of benzene rings is 1. The smallest absolute Gasteiger partial charge is 0.161 e. The van der Waals surface area contributed by atoms with E-state index in [4.69, 9.17) is 24.7 Å². The molecule has 1 aromatic rings. The van der Waals surface area contributed by atoms with Crippen LogP contribution in [0, 0.1) is 6.92 Å². The lowest BCUT2D eigenvalue weighted by molar-refractivity contribution is 0.0462. The summed E-state index contributed by atoms with van der Waals surface area (Å²) < 4.78 is 21.6. The van der Waals surface area contributed by atoms with E-state index in [1.54, 1.807) is 7.11 Å². The molecule has 0 aliphatic carbocycles. The first-order valence-corrected chi connectivity index (χ1v) is 6.91. The van der Waals surface area contributed by atoms with Crippen molar-refractivity contribution in [1.29, 1.82) is 0 Å². The molecule has 114 valence electrons. The van der Waals surface area contributed by atoms with E-state index < -0.39 is 0 Å². The summed E-state index contributed by atoms with van der Waals surface area (Å²) >= 11 is 0. The van der Waals surface area contributed by atoms with Crippen LogP contribution in [0.2, 0.25) is 0 Å². The van der Waals surface area contributed by atoms with Gasteiger partial charge in [-0.05, 0) is 24.6 Å². The van der Waals surface area contributed by atoms with Crippen LogP contribution in [0.25, 0.3) is 0 Å². The number of hydrogen-bond acceptors (Lipinski definition) is 5. The monoisotopic (exact) mass is 283 g/mol. The predicted octanol–water partition coefficient (Wildman–Crippen LogP) is 1.76. The van der Waals surface area contributed by atoms with Crippen molar-refractivity contribution in [3.05, 3.63) is 23.8 Å². The zero-order valence-electron chi connectivity index (χ0n) is 12.4. The molecule has 0 amide bonds. The second kappa shape index (κ2) is 10.5. The SMILES string of the molecule is COc1cc(C)ccc1OCCCOCCOCCN. The summed E-state index contributed by atoms with van der Waals surface area (Å²) in [6, 6.07) is 5.89.